The molecule has 0 saturated carbocycles. The fourth-order valence-electron chi connectivity index (χ4n) is 0. The van der Waals surface area contributed by atoms with E-state index in [2.05, 4.69) is 0 Å². The van der Waals surface area contributed by atoms with Gasteiger partial charge in [0.05, 0.1) is 0 Å². The highest BCUT2D eigenvalue weighted by Gasteiger charge is 1.04. The Morgan fingerprint density at radius 3 is 0.875 bits per heavy atom. The molecule has 0 radical (unpaired) electrons. The molecule has 6 nitrogen and oxygen atoms in total. The van der Waals surface area contributed by atoms with Crippen molar-refractivity contribution in [2.75, 3.05) is 0 Å². The monoisotopic (exact) mass is 122 g/mol. The number of carbonyl (C=O) groups excluding carboxylic acids is 2. The highest BCUT2D eigenvalue weighted by Crippen LogP contribution is 0.871. The second kappa shape index (κ2) is 269. The predicted octanol–water partition coefficient (Wildman–Crippen LogP) is -1.85. The van der Waals surface area contributed by atoms with Crippen molar-refractivity contribution in [2.24, 2.45) is 0 Å². The summed E-state index contributed by atoms with van der Waals surface area (Å²) in [6.45, 7) is 0. The molecule has 0 aliphatic heterocycles. The van der Waals surface area contributed by atoms with Gasteiger partial charge in [-0.05, 0) is 0 Å². The molecule has 0 amide bonds. The molecule has 0 aromatic carbocycles. The van der Waals surface area contributed by atoms with Crippen molar-refractivity contribution in [3.05, 3.63) is 0 Å². The van der Waals surface area contributed by atoms with Crippen LogP contribution in [-0.4, -0.2) is 23.1 Å². The van der Waals surface area contributed by atoms with Crippen LogP contribution in [0.2, 0.25) is 0 Å². The Morgan fingerprint density at radius 1 is 0.875 bits per heavy atom. The van der Waals surface area contributed by atoms with E-state index in [1.165, 1.54) is 0 Å². The fraction of sp³-hybridized carbons (Fsp3) is 0. The van der Waals surface area contributed by atoms with E-state index in [4.69, 9.17) is 20.4 Å². The molecule has 0 atom stereocenters. The summed E-state index contributed by atoms with van der Waals surface area (Å²) in [4.78, 5) is 16.7. The summed E-state index contributed by atoms with van der Waals surface area (Å²) in [5, 5.41) is 10.8. The molecule has 0 heterocycles. The van der Waals surface area contributed by atoms with Crippen LogP contribution in [0.4, 0.5) is 0 Å². The largest absolute Gasteiger partial charge is 0.412 e. The smallest absolute Gasteiger partial charge is 0.231 e. The lowest BCUT2D eigenvalue weighted by Gasteiger charge is -1.02. The molecule has 8 heavy (non-hydrogen) atoms. The Bertz CT molecular complexity index is 66.0. The maximum atomic E-state index is 8.35. The van der Waals surface area contributed by atoms with E-state index < -0.39 is 0 Å². The highest BCUT2D eigenvalue weighted by molar-refractivity contribution is 5.26. The molecule has 0 rings (SSSR count). The van der Waals surface area contributed by atoms with E-state index in [0.29, 0.717) is 0 Å². The molecule has 6 heteroatoms. The van der Waals surface area contributed by atoms with Crippen LogP contribution < -0.4 is 0 Å². The summed E-state index contributed by atoms with van der Waals surface area (Å²) in [5.74, 6) is 0. The lowest BCUT2D eigenvalue weighted by atomic mass is 11.7. The molecule has 0 bridgehead atoms. The van der Waals surface area contributed by atoms with Crippen LogP contribution in [-0.2, 0) is 9.59 Å². The van der Waals surface area contributed by atoms with Crippen molar-refractivity contribution in [1.82, 2.24) is 0 Å². The van der Waals surface area contributed by atoms with Crippen LogP contribution >= 0.6 is 0 Å². The minimum absolute atomic E-state index is 0. The summed E-state index contributed by atoms with van der Waals surface area (Å²) < 4.78 is 0. The fourth-order valence-corrected chi connectivity index (χ4v) is 0. The Balaban J connectivity index is -0.0000000160. The van der Waals surface area contributed by atoms with Gasteiger partial charge in [-0.2, -0.15) is 0 Å². The minimum atomic E-state index is 0. The molecule has 0 aliphatic carbocycles. The summed E-state index contributed by atoms with van der Waals surface area (Å²) in [5.41, 5.74) is 0. The molecule has 0 aromatic rings. The van der Waals surface area contributed by atoms with Crippen molar-refractivity contribution in [2.45, 2.75) is 0 Å². The van der Waals surface area contributed by atoms with E-state index in [1.807, 2.05) is 0 Å². The standard InChI is InChI=1S/2CHNO.2H2O/c2*2-1-3;;/h2*2H;2*1H2. The van der Waals surface area contributed by atoms with Crippen LogP contribution in [0.15, 0.2) is 0 Å². The molecule has 0 unspecified atom stereocenters. The maximum absolute atomic E-state index is 8.35. The summed E-state index contributed by atoms with van der Waals surface area (Å²) >= 11 is 0. The average molecular weight is 122 g/mol. The van der Waals surface area contributed by atoms with Crippen molar-refractivity contribution in [3.8, 4) is 0 Å². The molecule has 0 aromatic heterocycles. The molecular weight excluding hydrogens is 116 g/mol. The van der Waals surface area contributed by atoms with Gasteiger partial charge in [0.1, 0.15) is 0 Å². The van der Waals surface area contributed by atoms with Crippen LogP contribution in [0.1, 0.15) is 0 Å². The number of rotatable bonds is 0. The van der Waals surface area contributed by atoms with E-state index >= 15 is 0 Å². The van der Waals surface area contributed by atoms with E-state index in [1.54, 1.807) is 0 Å². The number of nitrogens with one attached hydrogen (secondary N) is 2. The number of isocyanates is 2. The van der Waals surface area contributed by atoms with Gasteiger partial charge in [0.15, 0.2) is 0 Å². The van der Waals surface area contributed by atoms with Gasteiger partial charge in [-0.25, -0.2) is 20.4 Å². The summed E-state index contributed by atoms with van der Waals surface area (Å²) in [6.07, 6.45) is 1.50. The van der Waals surface area contributed by atoms with Crippen LogP contribution in [0.25, 0.3) is 0 Å². The zero-order chi connectivity index (χ0) is 5.41. The maximum Gasteiger partial charge on any atom is 0.231 e. The first-order valence-electron chi connectivity index (χ1n) is 0.908. The second-order valence-electron chi connectivity index (χ2n) is 0.204. The highest BCUT2D eigenvalue weighted by atomic mass is 16.1. The third kappa shape index (κ3) is 36.4. The van der Waals surface area contributed by atoms with Gasteiger partial charge >= 0.3 is 0 Å². The second-order valence-corrected chi connectivity index (χ2v) is 0.204. The van der Waals surface area contributed by atoms with Crippen molar-refractivity contribution in [3.63, 3.8) is 0 Å². The van der Waals surface area contributed by atoms with Crippen molar-refractivity contribution >= 4 is 12.2 Å². The topological polar surface area (TPSA) is 145 Å². The lowest BCUT2D eigenvalue weighted by molar-refractivity contribution is 0.562. The van der Waals surface area contributed by atoms with Gasteiger partial charge < -0.3 is 11.0 Å². The van der Waals surface area contributed by atoms with E-state index in [-0.39, 0.29) is 11.0 Å². The van der Waals surface area contributed by atoms with Gasteiger partial charge in [-0.15, -0.1) is 0 Å². The molecule has 0 saturated heterocycles. The van der Waals surface area contributed by atoms with Crippen LogP contribution in [0, 0.1) is 10.8 Å². The quantitative estimate of drug-likeness (QED) is 0.287. The molecule has 0 spiro atoms. The van der Waals surface area contributed by atoms with Gasteiger partial charge in [-0.3, -0.25) is 0 Å². The number of hydrogen-bond donors (Lipinski definition) is 2. The van der Waals surface area contributed by atoms with Gasteiger partial charge in [0.2, 0.25) is 12.2 Å². The zero-order valence-corrected chi connectivity index (χ0v) is 3.82. The first kappa shape index (κ1) is 30.0. The van der Waals surface area contributed by atoms with Gasteiger partial charge in [0.25, 0.3) is 0 Å². The first-order chi connectivity index (χ1) is 2.83. The molecule has 48 valence electrons. The summed E-state index contributed by atoms with van der Waals surface area (Å²) in [7, 11) is 0. The van der Waals surface area contributed by atoms with Crippen molar-refractivity contribution < 1.29 is 20.5 Å². The normalized spacial score (nSPS) is 2.00. The van der Waals surface area contributed by atoms with E-state index in [9.17, 15) is 0 Å². The van der Waals surface area contributed by atoms with Crippen LogP contribution in [0.5, 0.6) is 0 Å². The molecule has 0 fully saturated rings. The zero-order valence-electron chi connectivity index (χ0n) is 3.82. The molecular formula is C2H6N2O4. The van der Waals surface area contributed by atoms with Gasteiger partial charge in [-0.1, -0.05) is 0 Å². The molecule has 6 N–H and O–H groups in total. The Labute approximate surface area is 44.8 Å². The first-order valence-corrected chi connectivity index (χ1v) is 0.908. The van der Waals surface area contributed by atoms with E-state index in [0.717, 1.165) is 12.2 Å². The Morgan fingerprint density at radius 2 is 0.875 bits per heavy atom. The SMILES string of the molecule is N=C=O.N=C=O.O.O. The lowest BCUT2D eigenvalue weighted by Crippen LogP contribution is -1.16. The van der Waals surface area contributed by atoms with Gasteiger partial charge in [0, 0.05) is 0 Å². The van der Waals surface area contributed by atoms with Crippen molar-refractivity contribution in [1.29, 1.82) is 10.8 Å². The minimum Gasteiger partial charge on any atom is -0.412 e. The number of hydrogen-bond acceptors (Lipinski definition) is 4. The average Bonchev–Trinajstić information content (AvgIpc) is 1.39. The Hall–Kier alpha value is -1.32. The van der Waals surface area contributed by atoms with Crippen LogP contribution in [0.3, 0.4) is 0 Å². The predicted molar refractivity (Wildman–Crippen MR) is 24.1 cm³/mol. The molecule has 0 aliphatic rings. The Kier molecular flexibility index (Phi) is 1010. The third-order valence-electron chi connectivity index (χ3n) is 0. The third-order valence-corrected chi connectivity index (χ3v) is 0. The summed E-state index contributed by atoms with van der Waals surface area (Å²) in [6, 6.07) is 0.